The number of halogens is 2. The average molecular weight is 464 g/mol. The van der Waals surface area contributed by atoms with Gasteiger partial charge >= 0.3 is 0 Å². The summed E-state index contributed by atoms with van der Waals surface area (Å²) >= 11 is 6.20. The summed E-state index contributed by atoms with van der Waals surface area (Å²) in [4.78, 5) is 17.7. The van der Waals surface area contributed by atoms with E-state index >= 15 is 0 Å². The molecule has 0 bridgehead atoms. The summed E-state index contributed by atoms with van der Waals surface area (Å²) in [6.45, 7) is 4.70. The zero-order chi connectivity index (χ0) is 22.9. The molecule has 1 aliphatic heterocycles. The van der Waals surface area contributed by atoms with Gasteiger partial charge in [0.1, 0.15) is 11.4 Å². The van der Waals surface area contributed by atoms with Gasteiger partial charge in [-0.25, -0.2) is 9.07 Å². The van der Waals surface area contributed by atoms with Crippen LogP contribution in [0, 0.1) is 12.7 Å². The Bertz CT molecular complexity index is 1270. The van der Waals surface area contributed by atoms with Crippen molar-refractivity contribution in [1.82, 2.24) is 19.2 Å². The smallest absolute Gasteiger partial charge is 0.259 e. The molecule has 2 aromatic carbocycles. The van der Waals surface area contributed by atoms with Crippen LogP contribution < -0.4 is 4.90 Å². The Kier molecular flexibility index (Phi) is 5.64. The topological polar surface area (TPSA) is 46.3 Å². The van der Waals surface area contributed by atoms with Gasteiger partial charge in [0.15, 0.2) is 5.82 Å². The van der Waals surface area contributed by atoms with Crippen molar-refractivity contribution < 1.29 is 9.18 Å². The van der Waals surface area contributed by atoms with Gasteiger partial charge < -0.3 is 14.4 Å². The summed E-state index contributed by atoms with van der Waals surface area (Å²) in [6.07, 6.45) is 5.33. The van der Waals surface area contributed by atoms with Gasteiger partial charge in [-0.1, -0.05) is 17.7 Å². The highest BCUT2D eigenvalue weighted by Crippen LogP contribution is 2.27. The molecule has 1 fully saturated rings. The molecular formula is C25H23ClFN5O. The Balaban J connectivity index is 1.41. The minimum atomic E-state index is -0.322. The largest absolute Gasteiger partial charge is 0.368 e. The number of benzene rings is 2. The number of rotatable bonds is 4. The molecular weight excluding hydrogens is 441 g/mol. The molecule has 0 saturated carbocycles. The maximum atomic E-state index is 13.5. The van der Waals surface area contributed by atoms with Crippen molar-refractivity contribution in [3.63, 3.8) is 0 Å². The number of aryl methyl sites for hydroxylation is 1. The van der Waals surface area contributed by atoms with Crippen molar-refractivity contribution in [2.75, 3.05) is 31.1 Å². The van der Waals surface area contributed by atoms with Gasteiger partial charge in [0.05, 0.1) is 11.9 Å². The number of carbonyl (C=O) groups is 1. The first kappa shape index (κ1) is 21.3. The highest BCUT2D eigenvalue weighted by molar-refractivity contribution is 6.30. The van der Waals surface area contributed by atoms with E-state index in [1.54, 1.807) is 23.0 Å². The molecule has 33 heavy (non-hydrogen) atoms. The quantitative estimate of drug-likeness (QED) is 0.439. The van der Waals surface area contributed by atoms with E-state index < -0.39 is 0 Å². The Morgan fingerprint density at radius 2 is 1.70 bits per heavy atom. The summed E-state index contributed by atoms with van der Waals surface area (Å²) < 4.78 is 17.0. The second kappa shape index (κ2) is 8.75. The number of hydrogen-bond donors (Lipinski definition) is 0. The van der Waals surface area contributed by atoms with Crippen LogP contribution in [0.2, 0.25) is 5.02 Å². The SMILES string of the molecule is Cc1ccc(Cl)cc1N1CCN(C(=O)c2cnn(-c3ccc(F)cc3)c2-n2cccc2)CC1. The fourth-order valence-electron chi connectivity index (χ4n) is 4.23. The minimum absolute atomic E-state index is 0.0745. The van der Waals surface area contributed by atoms with Gasteiger partial charge in [0.2, 0.25) is 0 Å². The van der Waals surface area contributed by atoms with Crippen LogP contribution >= 0.6 is 11.6 Å². The van der Waals surface area contributed by atoms with Crippen molar-refractivity contribution in [3.05, 3.63) is 95.2 Å². The number of amides is 1. The van der Waals surface area contributed by atoms with Gasteiger partial charge in [-0.3, -0.25) is 4.79 Å². The lowest BCUT2D eigenvalue weighted by atomic mass is 10.1. The highest BCUT2D eigenvalue weighted by Gasteiger charge is 2.27. The van der Waals surface area contributed by atoms with E-state index in [0.717, 1.165) is 24.3 Å². The van der Waals surface area contributed by atoms with Crippen molar-refractivity contribution in [2.24, 2.45) is 0 Å². The standard InChI is InChI=1S/C25H23ClFN5O/c1-18-4-5-19(26)16-23(18)29-12-14-31(15-13-29)25(33)22-17-28-32(21-8-6-20(27)7-9-21)24(22)30-10-2-3-11-30/h2-11,16-17H,12-15H2,1H3. The monoisotopic (exact) mass is 463 g/mol. The molecule has 0 aliphatic carbocycles. The number of nitrogens with zero attached hydrogens (tertiary/aromatic N) is 5. The normalized spacial score (nSPS) is 14.0. The van der Waals surface area contributed by atoms with E-state index in [1.807, 2.05) is 52.2 Å². The maximum Gasteiger partial charge on any atom is 0.259 e. The molecule has 8 heteroatoms. The minimum Gasteiger partial charge on any atom is -0.368 e. The number of piperazine rings is 1. The number of carbonyl (C=O) groups excluding carboxylic acids is 1. The molecule has 1 aliphatic rings. The van der Waals surface area contributed by atoms with Crippen LogP contribution in [0.4, 0.5) is 10.1 Å². The van der Waals surface area contributed by atoms with Crippen molar-refractivity contribution >= 4 is 23.2 Å². The molecule has 1 amide bonds. The Hall–Kier alpha value is -3.58. The molecule has 0 unspecified atom stereocenters. The zero-order valence-electron chi connectivity index (χ0n) is 18.2. The third-order valence-electron chi connectivity index (χ3n) is 5.97. The van der Waals surface area contributed by atoms with Gasteiger partial charge in [0.25, 0.3) is 5.91 Å². The van der Waals surface area contributed by atoms with Crippen LogP contribution in [0.25, 0.3) is 11.5 Å². The van der Waals surface area contributed by atoms with Gasteiger partial charge in [-0.05, 0) is 61.0 Å². The molecule has 3 heterocycles. The van der Waals surface area contributed by atoms with Gasteiger partial charge in [-0.2, -0.15) is 5.10 Å². The summed E-state index contributed by atoms with van der Waals surface area (Å²) in [5, 5.41) is 5.18. The average Bonchev–Trinajstić information content (AvgIpc) is 3.51. The van der Waals surface area contributed by atoms with E-state index in [1.165, 1.54) is 12.1 Å². The van der Waals surface area contributed by atoms with Crippen LogP contribution in [-0.4, -0.2) is 51.3 Å². The first-order valence-electron chi connectivity index (χ1n) is 10.8. The van der Waals surface area contributed by atoms with Crippen molar-refractivity contribution in [1.29, 1.82) is 0 Å². The third-order valence-corrected chi connectivity index (χ3v) is 6.21. The molecule has 1 saturated heterocycles. The molecule has 4 aromatic rings. The predicted octanol–water partition coefficient (Wildman–Crippen LogP) is 4.73. The lowest BCUT2D eigenvalue weighted by molar-refractivity contribution is 0.0746. The third kappa shape index (κ3) is 4.12. The van der Waals surface area contributed by atoms with Crippen LogP contribution in [-0.2, 0) is 0 Å². The van der Waals surface area contributed by atoms with Gasteiger partial charge in [-0.15, -0.1) is 0 Å². The first-order valence-corrected chi connectivity index (χ1v) is 11.2. The lowest BCUT2D eigenvalue weighted by Gasteiger charge is -2.36. The zero-order valence-corrected chi connectivity index (χ0v) is 18.9. The highest BCUT2D eigenvalue weighted by atomic mass is 35.5. The van der Waals surface area contributed by atoms with Crippen LogP contribution in [0.1, 0.15) is 15.9 Å². The first-order chi connectivity index (χ1) is 16.0. The second-order valence-electron chi connectivity index (χ2n) is 8.07. The lowest BCUT2D eigenvalue weighted by Crippen LogP contribution is -2.49. The Morgan fingerprint density at radius 1 is 1.00 bits per heavy atom. The molecule has 0 spiro atoms. The Morgan fingerprint density at radius 3 is 2.39 bits per heavy atom. The van der Waals surface area contributed by atoms with Crippen molar-refractivity contribution in [2.45, 2.75) is 6.92 Å². The van der Waals surface area contributed by atoms with Crippen LogP contribution in [0.5, 0.6) is 0 Å². The van der Waals surface area contributed by atoms with Crippen LogP contribution in [0.15, 0.2) is 73.2 Å². The molecule has 6 nitrogen and oxygen atoms in total. The van der Waals surface area contributed by atoms with E-state index in [2.05, 4.69) is 16.9 Å². The molecule has 0 radical (unpaired) electrons. The second-order valence-corrected chi connectivity index (χ2v) is 8.51. The number of anilines is 1. The van der Waals surface area contributed by atoms with E-state index in [-0.39, 0.29) is 11.7 Å². The molecule has 5 rings (SSSR count). The summed E-state index contributed by atoms with van der Waals surface area (Å²) in [5.41, 5.74) is 3.45. The molecule has 0 atom stereocenters. The maximum absolute atomic E-state index is 13.5. The van der Waals surface area contributed by atoms with Gasteiger partial charge in [0, 0.05) is 49.3 Å². The van der Waals surface area contributed by atoms with E-state index in [9.17, 15) is 9.18 Å². The Labute approximate surface area is 196 Å². The number of hydrogen-bond acceptors (Lipinski definition) is 3. The molecule has 168 valence electrons. The fourth-order valence-corrected chi connectivity index (χ4v) is 4.40. The van der Waals surface area contributed by atoms with Crippen LogP contribution in [0.3, 0.4) is 0 Å². The fraction of sp³-hybridized carbons (Fsp3) is 0.200. The van der Waals surface area contributed by atoms with E-state index in [4.69, 9.17) is 11.6 Å². The molecule has 0 N–H and O–H groups in total. The molecule has 2 aromatic heterocycles. The number of aromatic nitrogens is 3. The van der Waals surface area contributed by atoms with E-state index in [0.29, 0.717) is 35.2 Å². The summed E-state index contributed by atoms with van der Waals surface area (Å²) in [7, 11) is 0. The predicted molar refractivity (Wildman–Crippen MR) is 127 cm³/mol. The summed E-state index contributed by atoms with van der Waals surface area (Å²) in [5.74, 6) is 0.233. The summed E-state index contributed by atoms with van der Waals surface area (Å²) in [6, 6.07) is 15.7. The van der Waals surface area contributed by atoms with Crippen molar-refractivity contribution in [3.8, 4) is 11.5 Å².